The molecule has 3 rings (SSSR count). The highest BCUT2D eigenvalue weighted by atomic mass is 16.3. The highest BCUT2D eigenvalue weighted by molar-refractivity contribution is 5.76. The van der Waals surface area contributed by atoms with E-state index in [0.29, 0.717) is 0 Å². The van der Waals surface area contributed by atoms with E-state index in [4.69, 9.17) is 0 Å². The first kappa shape index (κ1) is 11.9. The molecule has 0 fully saturated rings. The van der Waals surface area contributed by atoms with E-state index in [0.717, 1.165) is 22.3 Å². The molecule has 0 aliphatic rings. The molecule has 4 nitrogen and oxygen atoms in total. The van der Waals surface area contributed by atoms with Gasteiger partial charge in [-0.25, -0.2) is 9.50 Å². The monoisotopic (exact) mass is 253 g/mol. The molecule has 0 radical (unpaired) electrons. The molecule has 0 saturated carbocycles. The standard InChI is InChI=1S/C15H15N3O/c1-15(2,19)12-6-4-11(5-7-12)13-10-17-18-9-3-8-16-14(13)18/h3-10,19H,1-2H3. The van der Waals surface area contributed by atoms with E-state index < -0.39 is 5.60 Å². The zero-order valence-electron chi connectivity index (χ0n) is 10.9. The normalized spacial score (nSPS) is 11.9. The zero-order valence-corrected chi connectivity index (χ0v) is 10.9. The summed E-state index contributed by atoms with van der Waals surface area (Å²) in [5.41, 5.74) is 2.93. The lowest BCUT2D eigenvalue weighted by atomic mass is 9.96. The molecule has 3 aromatic rings. The topological polar surface area (TPSA) is 50.4 Å². The number of nitrogens with zero attached hydrogens (tertiary/aromatic N) is 3. The van der Waals surface area contributed by atoms with Crippen LogP contribution in [0.5, 0.6) is 0 Å². The predicted octanol–water partition coefficient (Wildman–Crippen LogP) is 2.62. The van der Waals surface area contributed by atoms with Gasteiger partial charge in [-0.15, -0.1) is 0 Å². The lowest BCUT2D eigenvalue weighted by molar-refractivity contribution is 0.0786. The lowest BCUT2D eigenvalue weighted by Crippen LogP contribution is -2.14. The second-order valence-corrected chi connectivity index (χ2v) is 5.08. The Morgan fingerprint density at radius 2 is 1.89 bits per heavy atom. The highest BCUT2D eigenvalue weighted by Crippen LogP contribution is 2.26. The molecule has 0 bridgehead atoms. The molecule has 0 atom stereocenters. The average Bonchev–Trinajstić information content (AvgIpc) is 2.82. The van der Waals surface area contributed by atoms with Crippen LogP contribution in [-0.4, -0.2) is 19.7 Å². The summed E-state index contributed by atoms with van der Waals surface area (Å²) >= 11 is 0. The van der Waals surface area contributed by atoms with Crippen LogP contribution in [0.4, 0.5) is 0 Å². The summed E-state index contributed by atoms with van der Waals surface area (Å²) in [4.78, 5) is 4.34. The number of fused-ring (bicyclic) bond motifs is 1. The molecule has 0 aliphatic carbocycles. The van der Waals surface area contributed by atoms with E-state index in [1.54, 1.807) is 30.8 Å². The van der Waals surface area contributed by atoms with Crippen LogP contribution in [0.3, 0.4) is 0 Å². The van der Waals surface area contributed by atoms with Crippen LogP contribution in [0.2, 0.25) is 0 Å². The largest absolute Gasteiger partial charge is 0.386 e. The Morgan fingerprint density at radius 3 is 2.58 bits per heavy atom. The molecule has 0 aliphatic heterocycles. The Bertz CT molecular complexity index is 708. The maximum atomic E-state index is 9.95. The van der Waals surface area contributed by atoms with E-state index in [1.807, 2.05) is 36.5 Å². The van der Waals surface area contributed by atoms with Gasteiger partial charge in [-0.3, -0.25) is 0 Å². The summed E-state index contributed by atoms with van der Waals surface area (Å²) < 4.78 is 1.75. The van der Waals surface area contributed by atoms with Crippen molar-refractivity contribution in [3.8, 4) is 11.1 Å². The van der Waals surface area contributed by atoms with Crippen molar-refractivity contribution < 1.29 is 5.11 Å². The minimum Gasteiger partial charge on any atom is -0.386 e. The smallest absolute Gasteiger partial charge is 0.162 e. The molecule has 1 N–H and O–H groups in total. The fraction of sp³-hybridized carbons (Fsp3) is 0.200. The van der Waals surface area contributed by atoms with Gasteiger partial charge in [0.2, 0.25) is 0 Å². The molecular weight excluding hydrogens is 238 g/mol. The van der Waals surface area contributed by atoms with Gasteiger partial charge in [0.05, 0.1) is 11.8 Å². The van der Waals surface area contributed by atoms with Gasteiger partial charge in [0, 0.05) is 18.0 Å². The minimum absolute atomic E-state index is 0.822. The van der Waals surface area contributed by atoms with Crippen molar-refractivity contribution in [1.29, 1.82) is 0 Å². The first-order valence-corrected chi connectivity index (χ1v) is 6.17. The van der Waals surface area contributed by atoms with Gasteiger partial charge in [0.15, 0.2) is 5.65 Å². The molecule has 0 saturated heterocycles. The third-order valence-corrected chi connectivity index (χ3v) is 3.18. The van der Waals surface area contributed by atoms with E-state index in [1.165, 1.54) is 0 Å². The number of rotatable bonds is 2. The SMILES string of the molecule is CC(C)(O)c1ccc(-c2cnn3cccnc23)cc1. The molecule has 0 unspecified atom stereocenters. The lowest BCUT2D eigenvalue weighted by Gasteiger charge is -2.17. The second-order valence-electron chi connectivity index (χ2n) is 5.08. The van der Waals surface area contributed by atoms with Crippen LogP contribution < -0.4 is 0 Å². The van der Waals surface area contributed by atoms with Crippen molar-refractivity contribution in [2.45, 2.75) is 19.4 Å². The van der Waals surface area contributed by atoms with Gasteiger partial charge in [0.25, 0.3) is 0 Å². The van der Waals surface area contributed by atoms with Crippen molar-refractivity contribution in [1.82, 2.24) is 14.6 Å². The van der Waals surface area contributed by atoms with Gasteiger partial charge in [-0.05, 0) is 31.0 Å². The van der Waals surface area contributed by atoms with Crippen molar-refractivity contribution in [3.63, 3.8) is 0 Å². The summed E-state index contributed by atoms with van der Waals surface area (Å²) in [5.74, 6) is 0. The molecule has 2 aromatic heterocycles. The summed E-state index contributed by atoms with van der Waals surface area (Å²) in [7, 11) is 0. The van der Waals surface area contributed by atoms with E-state index in [-0.39, 0.29) is 0 Å². The minimum atomic E-state index is -0.822. The van der Waals surface area contributed by atoms with Crippen LogP contribution in [0.1, 0.15) is 19.4 Å². The van der Waals surface area contributed by atoms with Gasteiger partial charge in [-0.2, -0.15) is 5.10 Å². The summed E-state index contributed by atoms with van der Waals surface area (Å²) in [6, 6.07) is 9.68. The van der Waals surface area contributed by atoms with Crippen LogP contribution in [-0.2, 0) is 5.60 Å². The maximum absolute atomic E-state index is 9.95. The van der Waals surface area contributed by atoms with Crippen LogP contribution in [0, 0.1) is 0 Å². The van der Waals surface area contributed by atoms with Gasteiger partial charge < -0.3 is 5.11 Å². The Hall–Kier alpha value is -2.20. The number of aliphatic hydroxyl groups is 1. The van der Waals surface area contributed by atoms with Crippen molar-refractivity contribution in [2.75, 3.05) is 0 Å². The number of hydrogen-bond acceptors (Lipinski definition) is 3. The van der Waals surface area contributed by atoms with Crippen LogP contribution >= 0.6 is 0 Å². The molecule has 19 heavy (non-hydrogen) atoms. The molecule has 0 spiro atoms. The van der Waals surface area contributed by atoms with Gasteiger partial charge in [-0.1, -0.05) is 24.3 Å². The summed E-state index contributed by atoms with van der Waals surface area (Å²) in [6.45, 7) is 3.55. The number of aromatic nitrogens is 3. The molecule has 1 aromatic carbocycles. The van der Waals surface area contributed by atoms with E-state index >= 15 is 0 Å². The Balaban J connectivity index is 2.07. The Morgan fingerprint density at radius 1 is 1.16 bits per heavy atom. The van der Waals surface area contributed by atoms with Crippen molar-refractivity contribution in [3.05, 3.63) is 54.5 Å². The number of hydrogen-bond donors (Lipinski definition) is 1. The first-order valence-electron chi connectivity index (χ1n) is 6.17. The molecule has 96 valence electrons. The molecule has 0 amide bonds. The first-order chi connectivity index (χ1) is 9.05. The van der Waals surface area contributed by atoms with E-state index in [2.05, 4.69) is 10.1 Å². The van der Waals surface area contributed by atoms with Crippen molar-refractivity contribution >= 4 is 5.65 Å². The fourth-order valence-electron chi connectivity index (χ4n) is 2.09. The van der Waals surface area contributed by atoms with Crippen LogP contribution in [0.25, 0.3) is 16.8 Å². The van der Waals surface area contributed by atoms with Gasteiger partial charge >= 0.3 is 0 Å². The molecule has 4 heteroatoms. The van der Waals surface area contributed by atoms with E-state index in [9.17, 15) is 5.11 Å². The predicted molar refractivity (Wildman–Crippen MR) is 73.7 cm³/mol. The fourth-order valence-corrected chi connectivity index (χ4v) is 2.09. The Labute approximate surface area is 111 Å². The van der Waals surface area contributed by atoms with Gasteiger partial charge in [0.1, 0.15) is 0 Å². The summed E-state index contributed by atoms with van der Waals surface area (Å²) in [5, 5.41) is 14.2. The second kappa shape index (κ2) is 4.17. The maximum Gasteiger partial charge on any atom is 0.162 e. The summed E-state index contributed by atoms with van der Waals surface area (Å²) in [6.07, 6.45) is 5.43. The molecule has 2 heterocycles. The molecular formula is C15H15N3O. The highest BCUT2D eigenvalue weighted by Gasteiger charge is 2.16. The number of benzene rings is 1. The van der Waals surface area contributed by atoms with Crippen molar-refractivity contribution in [2.24, 2.45) is 0 Å². The zero-order chi connectivity index (χ0) is 13.5. The van der Waals surface area contributed by atoms with Crippen LogP contribution in [0.15, 0.2) is 48.9 Å². The Kier molecular flexibility index (Phi) is 2.61. The third kappa shape index (κ3) is 2.11. The average molecular weight is 253 g/mol. The third-order valence-electron chi connectivity index (χ3n) is 3.18. The quantitative estimate of drug-likeness (QED) is 0.763.